The molecule has 0 spiro atoms. The first-order valence-electron chi connectivity index (χ1n) is 8.32. The SMILES string of the molecule is CCCNCCCCS(=O)(=O)N(CC)C1CCCCC1. The maximum atomic E-state index is 12.5. The molecular weight excluding hydrogens is 272 g/mol. The van der Waals surface area contributed by atoms with E-state index in [1.807, 2.05) is 6.92 Å². The van der Waals surface area contributed by atoms with Crippen molar-refractivity contribution in [3.63, 3.8) is 0 Å². The van der Waals surface area contributed by atoms with Gasteiger partial charge in [0, 0.05) is 12.6 Å². The van der Waals surface area contributed by atoms with Gasteiger partial charge in [0.2, 0.25) is 10.0 Å². The van der Waals surface area contributed by atoms with Crippen LogP contribution >= 0.6 is 0 Å². The molecule has 0 radical (unpaired) electrons. The quantitative estimate of drug-likeness (QED) is 0.631. The molecule has 0 heterocycles. The van der Waals surface area contributed by atoms with Crippen molar-refractivity contribution in [2.45, 2.75) is 71.3 Å². The number of hydrogen-bond donors (Lipinski definition) is 1. The Kier molecular flexibility index (Phi) is 8.73. The summed E-state index contributed by atoms with van der Waals surface area (Å²) >= 11 is 0. The summed E-state index contributed by atoms with van der Waals surface area (Å²) in [6, 6.07) is 0.261. The maximum Gasteiger partial charge on any atom is 0.214 e. The third-order valence-electron chi connectivity index (χ3n) is 4.08. The molecule has 120 valence electrons. The van der Waals surface area contributed by atoms with E-state index in [4.69, 9.17) is 0 Å². The summed E-state index contributed by atoms with van der Waals surface area (Å²) in [5, 5.41) is 3.32. The minimum Gasteiger partial charge on any atom is -0.317 e. The Balaban J connectivity index is 2.36. The highest BCUT2D eigenvalue weighted by Gasteiger charge is 2.28. The van der Waals surface area contributed by atoms with E-state index in [9.17, 15) is 8.42 Å². The Bertz CT molecular complexity index is 338. The Morgan fingerprint density at radius 1 is 1.05 bits per heavy atom. The molecule has 1 saturated carbocycles. The summed E-state index contributed by atoms with van der Waals surface area (Å²) in [4.78, 5) is 0. The van der Waals surface area contributed by atoms with Crippen molar-refractivity contribution in [1.82, 2.24) is 9.62 Å². The van der Waals surface area contributed by atoms with Crippen LogP contribution in [-0.4, -0.2) is 44.2 Å². The van der Waals surface area contributed by atoms with Crippen LogP contribution in [0.4, 0.5) is 0 Å². The van der Waals surface area contributed by atoms with Crippen molar-refractivity contribution < 1.29 is 8.42 Å². The van der Waals surface area contributed by atoms with Crippen LogP contribution in [-0.2, 0) is 10.0 Å². The van der Waals surface area contributed by atoms with Crippen LogP contribution in [0.5, 0.6) is 0 Å². The summed E-state index contributed by atoms with van der Waals surface area (Å²) in [7, 11) is -3.06. The second-order valence-corrected chi connectivity index (χ2v) is 7.81. The topological polar surface area (TPSA) is 49.4 Å². The van der Waals surface area contributed by atoms with Gasteiger partial charge in [-0.25, -0.2) is 8.42 Å². The maximum absolute atomic E-state index is 12.5. The fourth-order valence-corrected chi connectivity index (χ4v) is 4.87. The molecule has 0 aromatic heterocycles. The van der Waals surface area contributed by atoms with E-state index in [1.54, 1.807) is 4.31 Å². The van der Waals surface area contributed by atoms with Gasteiger partial charge in [-0.3, -0.25) is 0 Å². The summed E-state index contributed by atoms with van der Waals surface area (Å²) in [6.07, 6.45) is 8.55. The zero-order valence-corrected chi connectivity index (χ0v) is 14.1. The van der Waals surface area contributed by atoms with Gasteiger partial charge in [-0.15, -0.1) is 0 Å². The lowest BCUT2D eigenvalue weighted by molar-refractivity contribution is 0.261. The number of nitrogens with one attached hydrogen (secondary N) is 1. The zero-order valence-electron chi connectivity index (χ0n) is 13.2. The Morgan fingerprint density at radius 2 is 1.75 bits per heavy atom. The van der Waals surface area contributed by atoms with Crippen LogP contribution in [0, 0.1) is 0 Å². The molecule has 5 heteroatoms. The van der Waals surface area contributed by atoms with Crippen LogP contribution in [0.25, 0.3) is 0 Å². The molecule has 1 aliphatic carbocycles. The number of hydrogen-bond acceptors (Lipinski definition) is 3. The Hall–Kier alpha value is -0.130. The molecular formula is C15H32N2O2S. The normalized spacial score (nSPS) is 17.8. The molecule has 20 heavy (non-hydrogen) atoms. The van der Waals surface area contributed by atoms with E-state index in [2.05, 4.69) is 12.2 Å². The predicted octanol–water partition coefficient (Wildman–Crippen LogP) is 2.75. The molecule has 1 N–H and O–H groups in total. The summed E-state index contributed by atoms with van der Waals surface area (Å²) < 4.78 is 26.7. The highest BCUT2D eigenvalue weighted by Crippen LogP contribution is 2.25. The van der Waals surface area contributed by atoms with E-state index in [0.717, 1.165) is 45.2 Å². The van der Waals surface area contributed by atoms with E-state index in [-0.39, 0.29) is 6.04 Å². The van der Waals surface area contributed by atoms with Gasteiger partial charge in [-0.05, 0) is 45.2 Å². The highest BCUT2D eigenvalue weighted by atomic mass is 32.2. The van der Waals surface area contributed by atoms with Crippen molar-refractivity contribution >= 4 is 10.0 Å². The molecule has 4 nitrogen and oxygen atoms in total. The first-order valence-corrected chi connectivity index (χ1v) is 9.93. The monoisotopic (exact) mass is 304 g/mol. The van der Waals surface area contributed by atoms with Crippen LogP contribution in [0.2, 0.25) is 0 Å². The summed E-state index contributed by atoms with van der Waals surface area (Å²) in [5.74, 6) is 0.311. The van der Waals surface area contributed by atoms with Gasteiger partial charge in [0.1, 0.15) is 0 Å². The second-order valence-electron chi connectivity index (χ2n) is 5.77. The van der Waals surface area contributed by atoms with Gasteiger partial charge in [0.15, 0.2) is 0 Å². The molecule has 0 aliphatic heterocycles. The van der Waals surface area contributed by atoms with E-state index in [1.165, 1.54) is 19.3 Å². The lowest BCUT2D eigenvalue weighted by Crippen LogP contribution is -2.42. The minimum atomic E-state index is -3.06. The van der Waals surface area contributed by atoms with Gasteiger partial charge in [-0.1, -0.05) is 33.1 Å². The average Bonchev–Trinajstić information content (AvgIpc) is 2.44. The van der Waals surface area contributed by atoms with Gasteiger partial charge >= 0.3 is 0 Å². The molecule has 1 aliphatic rings. The van der Waals surface area contributed by atoms with E-state index >= 15 is 0 Å². The lowest BCUT2D eigenvalue weighted by atomic mass is 9.95. The largest absolute Gasteiger partial charge is 0.317 e. The molecule has 1 fully saturated rings. The lowest BCUT2D eigenvalue weighted by Gasteiger charge is -2.32. The fourth-order valence-electron chi connectivity index (χ4n) is 3.00. The van der Waals surface area contributed by atoms with Crippen LogP contribution < -0.4 is 5.32 Å². The minimum absolute atomic E-state index is 0.261. The Morgan fingerprint density at radius 3 is 2.35 bits per heavy atom. The van der Waals surface area contributed by atoms with E-state index in [0.29, 0.717) is 12.3 Å². The zero-order chi connectivity index (χ0) is 14.8. The van der Waals surface area contributed by atoms with Gasteiger partial charge < -0.3 is 5.32 Å². The van der Waals surface area contributed by atoms with Crippen molar-refractivity contribution in [1.29, 1.82) is 0 Å². The molecule has 0 aromatic rings. The highest BCUT2D eigenvalue weighted by molar-refractivity contribution is 7.89. The molecule has 0 saturated heterocycles. The molecule has 0 atom stereocenters. The van der Waals surface area contributed by atoms with Crippen LogP contribution in [0.1, 0.15) is 65.2 Å². The molecule has 0 unspecified atom stereocenters. The molecule has 0 bridgehead atoms. The molecule has 0 amide bonds. The van der Waals surface area contributed by atoms with Crippen molar-refractivity contribution in [2.24, 2.45) is 0 Å². The first kappa shape index (κ1) is 17.9. The van der Waals surface area contributed by atoms with Crippen molar-refractivity contribution in [3.05, 3.63) is 0 Å². The molecule has 1 rings (SSSR count). The Labute approximate surface area is 125 Å². The molecule has 0 aromatic carbocycles. The van der Waals surface area contributed by atoms with Gasteiger partial charge in [0.25, 0.3) is 0 Å². The van der Waals surface area contributed by atoms with Crippen molar-refractivity contribution in [3.8, 4) is 0 Å². The number of sulfonamides is 1. The number of nitrogens with zero attached hydrogens (tertiary/aromatic N) is 1. The van der Waals surface area contributed by atoms with Gasteiger partial charge in [0.05, 0.1) is 5.75 Å². The van der Waals surface area contributed by atoms with Crippen LogP contribution in [0.3, 0.4) is 0 Å². The summed E-state index contributed by atoms with van der Waals surface area (Å²) in [6.45, 7) is 6.69. The number of unbranched alkanes of at least 4 members (excludes halogenated alkanes) is 1. The third-order valence-corrected chi connectivity index (χ3v) is 6.16. The number of rotatable bonds is 10. The smallest absolute Gasteiger partial charge is 0.214 e. The van der Waals surface area contributed by atoms with E-state index < -0.39 is 10.0 Å². The standard InChI is InChI=1S/C15H32N2O2S/c1-3-12-16-13-8-9-14-20(18,19)17(4-2)15-10-6-5-7-11-15/h15-16H,3-14H2,1-2H3. The predicted molar refractivity (Wildman–Crippen MR) is 85.4 cm³/mol. The second kappa shape index (κ2) is 9.74. The first-order chi connectivity index (χ1) is 9.61. The average molecular weight is 305 g/mol. The third kappa shape index (κ3) is 6.10. The fraction of sp³-hybridized carbons (Fsp3) is 1.00. The van der Waals surface area contributed by atoms with Gasteiger partial charge in [-0.2, -0.15) is 4.31 Å². The van der Waals surface area contributed by atoms with Crippen LogP contribution in [0.15, 0.2) is 0 Å². The summed E-state index contributed by atoms with van der Waals surface area (Å²) in [5.41, 5.74) is 0. The van der Waals surface area contributed by atoms with Crippen molar-refractivity contribution in [2.75, 3.05) is 25.4 Å².